The number of nitriles is 1. The molecule has 33 heavy (non-hydrogen) atoms. The molecule has 0 saturated carbocycles. The van der Waals surface area contributed by atoms with Crippen molar-refractivity contribution in [3.63, 3.8) is 0 Å². The van der Waals surface area contributed by atoms with Gasteiger partial charge in [0, 0.05) is 5.56 Å². The lowest BCUT2D eigenvalue weighted by Crippen LogP contribution is -2.11. The molecule has 0 radical (unpaired) electrons. The second-order valence-electron chi connectivity index (χ2n) is 6.90. The highest BCUT2D eigenvalue weighted by molar-refractivity contribution is 7.98. The van der Waals surface area contributed by atoms with Crippen molar-refractivity contribution in [2.24, 2.45) is 0 Å². The fourth-order valence-corrected chi connectivity index (χ4v) is 4.19. The van der Waals surface area contributed by atoms with Gasteiger partial charge in [0.25, 0.3) is 0 Å². The van der Waals surface area contributed by atoms with Crippen LogP contribution in [0.3, 0.4) is 0 Å². The summed E-state index contributed by atoms with van der Waals surface area (Å²) in [7, 11) is 2.87. The number of H-pyrrole nitrogens is 1. The fourth-order valence-electron chi connectivity index (χ4n) is 3.32. The third-order valence-electron chi connectivity index (χ3n) is 4.87. The molecule has 0 aliphatic heterocycles. The molecule has 4 rings (SSSR count). The molecular formula is C23H17F3N4O2S. The monoisotopic (exact) mass is 470 g/mol. The highest BCUT2D eigenvalue weighted by atomic mass is 32.2. The maximum absolute atomic E-state index is 13.9. The zero-order chi connectivity index (χ0) is 23.6. The van der Waals surface area contributed by atoms with Crippen LogP contribution in [-0.4, -0.2) is 29.2 Å². The number of nitrogens with zero attached hydrogens (tertiary/aromatic N) is 3. The molecule has 6 nitrogen and oxygen atoms in total. The Morgan fingerprint density at radius 3 is 2.52 bits per heavy atom. The van der Waals surface area contributed by atoms with Crippen molar-refractivity contribution in [1.29, 1.82) is 5.26 Å². The topological polar surface area (TPSA) is 83.8 Å². The van der Waals surface area contributed by atoms with E-state index in [0.717, 1.165) is 28.9 Å². The van der Waals surface area contributed by atoms with Gasteiger partial charge in [0.1, 0.15) is 28.4 Å². The Hall–Kier alpha value is -3.71. The van der Waals surface area contributed by atoms with Crippen LogP contribution < -0.4 is 9.47 Å². The third kappa shape index (κ3) is 4.59. The van der Waals surface area contributed by atoms with Crippen LogP contribution in [0.4, 0.5) is 13.2 Å². The largest absolute Gasteiger partial charge is 0.497 e. The first-order valence-electron chi connectivity index (χ1n) is 9.65. The average Bonchev–Trinajstić information content (AvgIpc) is 3.24. The number of hydrogen-bond acceptors (Lipinski definition) is 6. The molecule has 0 amide bonds. The number of thioether (sulfide) groups is 1. The standard InChI is InChI=1S/C23H17F3N4O2S/c1-31-13-7-8-20(32-2)14(9-13)19-10-16(23(24,25)26)15(11-27)22(30-19)33-12-21-28-17-5-3-4-6-18(17)29-21/h3-10H,12H2,1-2H3,(H,28,29). The Morgan fingerprint density at radius 2 is 1.85 bits per heavy atom. The Kier molecular flexibility index (Phi) is 6.16. The molecule has 0 saturated heterocycles. The summed E-state index contributed by atoms with van der Waals surface area (Å²) in [6, 6.07) is 14.7. The number of para-hydroxylation sites is 2. The number of rotatable bonds is 6. The summed E-state index contributed by atoms with van der Waals surface area (Å²) in [6.07, 6.45) is -4.75. The molecule has 2 aromatic carbocycles. The van der Waals surface area contributed by atoms with E-state index in [4.69, 9.17) is 9.47 Å². The molecule has 0 fully saturated rings. The third-order valence-corrected chi connectivity index (χ3v) is 5.86. The first-order valence-corrected chi connectivity index (χ1v) is 10.6. The normalized spacial score (nSPS) is 11.4. The zero-order valence-corrected chi connectivity index (χ0v) is 18.3. The van der Waals surface area contributed by atoms with Gasteiger partial charge in [0.15, 0.2) is 0 Å². The maximum Gasteiger partial charge on any atom is 0.417 e. The number of halogens is 3. The van der Waals surface area contributed by atoms with Gasteiger partial charge in [-0.15, -0.1) is 0 Å². The number of alkyl halides is 3. The number of benzene rings is 2. The van der Waals surface area contributed by atoms with E-state index >= 15 is 0 Å². The Balaban J connectivity index is 1.81. The second-order valence-corrected chi connectivity index (χ2v) is 7.86. The number of pyridine rings is 1. The molecule has 0 atom stereocenters. The van der Waals surface area contributed by atoms with Gasteiger partial charge in [-0.1, -0.05) is 23.9 Å². The van der Waals surface area contributed by atoms with Gasteiger partial charge in [-0.05, 0) is 36.4 Å². The Bertz CT molecular complexity index is 1330. The van der Waals surface area contributed by atoms with Gasteiger partial charge in [-0.3, -0.25) is 0 Å². The smallest absolute Gasteiger partial charge is 0.417 e. The minimum absolute atomic E-state index is 0.0178. The summed E-state index contributed by atoms with van der Waals surface area (Å²) in [5.74, 6) is 1.52. The summed E-state index contributed by atoms with van der Waals surface area (Å²) < 4.78 is 52.2. The number of imidazole rings is 1. The van der Waals surface area contributed by atoms with E-state index in [2.05, 4.69) is 15.0 Å². The Morgan fingerprint density at radius 1 is 1.06 bits per heavy atom. The molecule has 2 heterocycles. The first-order chi connectivity index (χ1) is 15.8. The van der Waals surface area contributed by atoms with Crippen molar-refractivity contribution < 1.29 is 22.6 Å². The molecule has 0 aliphatic carbocycles. The van der Waals surface area contributed by atoms with Gasteiger partial charge in [-0.2, -0.15) is 18.4 Å². The number of aromatic amines is 1. The van der Waals surface area contributed by atoms with E-state index in [1.54, 1.807) is 24.3 Å². The second kappa shape index (κ2) is 9.03. The van der Waals surface area contributed by atoms with Crippen LogP contribution >= 0.6 is 11.8 Å². The van der Waals surface area contributed by atoms with E-state index in [1.807, 2.05) is 24.3 Å². The summed E-state index contributed by atoms with van der Waals surface area (Å²) in [5.41, 5.74) is 0.294. The van der Waals surface area contributed by atoms with Crippen LogP contribution in [0.1, 0.15) is 17.0 Å². The van der Waals surface area contributed by atoms with Crippen molar-refractivity contribution in [1.82, 2.24) is 15.0 Å². The van der Waals surface area contributed by atoms with Crippen molar-refractivity contribution in [3.05, 3.63) is 65.5 Å². The summed E-state index contributed by atoms with van der Waals surface area (Å²) in [5, 5.41) is 9.50. The molecule has 168 valence electrons. The molecule has 1 N–H and O–H groups in total. The van der Waals surface area contributed by atoms with Crippen LogP contribution in [0.25, 0.3) is 22.3 Å². The predicted molar refractivity (Wildman–Crippen MR) is 118 cm³/mol. The number of hydrogen-bond donors (Lipinski definition) is 1. The van der Waals surface area contributed by atoms with Crippen molar-refractivity contribution >= 4 is 22.8 Å². The summed E-state index contributed by atoms with van der Waals surface area (Å²) >= 11 is 1.00. The lowest BCUT2D eigenvalue weighted by molar-refractivity contribution is -0.138. The SMILES string of the molecule is COc1ccc(OC)c(-c2cc(C(F)(F)F)c(C#N)c(SCc3nc4ccccc4[nH]3)n2)c1. The van der Waals surface area contributed by atoms with E-state index in [1.165, 1.54) is 14.2 Å². The number of ether oxygens (including phenoxy) is 2. The first kappa shape index (κ1) is 22.5. The quantitative estimate of drug-likeness (QED) is 0.357. The highest BCUT2D eigenvalue weighted by Gasteiger charge is 2.36. The fraction of sp³-hybridized carbons (Fsp3) is 0.174. The van der Waals surface area contributed by atoms with Crippen molar-refractivity contribution in [2.45, 2.75) is 17.0 Å². The van der Waals surface area contributed by atoms with Crippen LogP contribution in [-0.2, 0) is 11.9 Å². The van der Waals surface area contributed by atoms with Crippen LogP contribution in [0, 0.1) is 11.3 Å². The number of methoxy groups -OCH3 is 2. The van der Waals surface area contributed by atoms with Crippen LogP contribution in [0.5, 0.6) is 11.5 Å². The summed E-state index contributed by atoms with van der Waals surface area (Å²) in [4.78, 5) is 12.0. The molecule has 4 aromatic rings. The van der Waals surface area contributed by atoms with Gasteiger partial charge < -0.3 is 14.5 Å². The van der Waals surface area contributed by atoms with Crippen molar-refractivity contribution in [3.8, 4) is 28.8 Å². The summed E-state index contributed by atoms with van der Waals surface area (Å²) in [6.45, 7) is 0. The highest BCUT2D eigenvalue weighted by Crippen LogP contribution is 2.41. The van der Waals surface area contributed by atoms with Crippen LogP contribution in [0.2, 0.25) is 0 Å². The molecular weight excluding hydrogens is 453 g/mol. The molecule has 0 unspecified atom stereocenters. The van der Waals surface area contributed by atoms with E-state index in [-0.39, 0.29) is 16.5 Å². The lowest BCUT2D eigenvalue weighted by Gasteiger charge is -2.16. The zero-order valence-electron chi connectivity index (χ0n) is 17.5. The molecule has 0 aliphatic rings. The van der Waals surface area contributed by atoms with E-state index in [9.17, 15) is 18.4 Å². The molecule has 10 heteroatoms. The number of aromatic nitrogens is 3. The van der Waals surface area contributed by atoms with E-state index < -0.39 is 17.3 Å². The van der Waals surface area contributed by atoms with Gasteiger partial charge in [0.2, 0.25) is 0 Å². The minimum atomic E-state index is -4.75. The van der Waals surface area contributed by atoms with Gasteiger partial charge in [0.05, 0.1) is 47.8 Å². The lowest BCUT2D eigenvalue weighted by atomic mass is 10.0. The van der Waals surface area contributed by atoms with Gasteiger partial charge >= 0.3 is 6.18 Å². The average molecular weight is 470 g/mol. The van der Waals surface area contributed by atoms with Gasteiger partial charge in [-0.25, -0.2) is 9.97 Å². The van der Waals surface area contributed by atoms with Crippen molar-refractivity contribution in [2.75, 3.05) is 14.2 Å². The predicted octanol–water partition coefficient (Wildman–Crippen LogP) is 5.82. The minimum Gasteiger partial charge on any atom is -0.497 e. The number of nitrogens with one attached hydrogen (secondary N) is 1. The van der Waals surface area contributed by atoms with E-state index in [0.29, 0.717) is 22.9 Å². The number of fused-ring (bicyclic) bond motifs is 1. The molecule has 0 spiro atoms. The van der Waals surface area contributed by atoms with Crippen LogP contribution in [0.15, 0.2) is 53.6 Å². The molecule has 0 bridgehead atoms. The Labute approximate surface area is 191 Å². The molecule has 2 aromatic heterocycles. The maximum atomic E-state index is 13.9.